The van der Waals surface area contributed by atoms with Gasteiger partial charge in [-0.15, -0.1) is 0 Å². The Bertz CT molecular complexity index is 718. The van der Waals surface area contributed by atoms with Gasteiger partial charge >= 0.3 is 0 Å². The summed E-state index contributed by atoms with van der Waals surface area (Å²) in [5.41, 5.74) is 3.59. The molecule has 19 heavy (non-hydrogen) atoms. The van der Waals surface area contributed by atoms with Crippen molar-refractivity contribution in [2.75, 3.05) is 0 Å². The Balaban J connectivity index is 1.84. The maximum atomic E-state index is 5.83. The van der Waals surface area contributed by atoms with Crippen LogP contribution in [0.15, 0.2) is 53.1 Å². The Morgan fingerprint density at radius 1 is 1.16 bits per heavy atom. The smallest absolute Gasteiger partial charge is 0.120 e. The second kappa shape index (κ2) is 5.10. The van der Waals surface area contributed by atoms with Gasteiger partial charge in [-0.2, -0.15) is 0 Å². The molecule has 1 heterocycles. The third-order valence-corrected chi connectivity index (χ3v) is 3.61. The lowest BCUT2D eigenvalue weighted by Crippen LogP contribution is -1.94. The van der Waals surface area contributed by atoms with E-state index in [9.17, 15) is 0 Å². The highest BCUT2D eigenvalue weighted by molar-refractivity contribution is 9.10. The first-order chi connectivity index (χ1) is 9.22. The number of fused-ring (bicyclic) bond motifs is 1. The number of aryl methyl sites for hydroxylation is 1. The average Bonchev–Trinajstić information content (AvgIpc) is 2.79. The van der Waals surface area contributed by atoms with Crippen LogP contribution in [0.1, 0.15) is 11.1 Å². The number of ether oxygens (including phenoxy) is 1. The Labute approximate surface area is 120 Å². The molecule has 0 spiro atoms. The fraction of sp³-hybridized carbons (Fsp3) is 0.125. The van der Waals surface area contributed by atoms with Gasteiger partial charge in [0, 0.05) is 27.1 Å². The molecule has 0 radical (unpaired) electrons. The first kappa shape index (κ1) is 12.3. The van der Waals surface area contributed by atoms with E-state index in [4.69, 9.17) is 4.74 Å². The second-order valence-corrected chi connectivity index (χ2v) is 5.52. The van der Waals surface area contributed by atoms with Crippen LogP contribution in [-0.4, -0.2) is 4.98 Å². The third-order valence-electron chi connectivity index (χ3n) is 3.11. The molecular formula is C16H14BrNO. The summed E-state index contributed by atoms with van der Waals surface area (Å²) in [5.74, 6) is 0.872. The normalized spacial score (nSPS) is 10.8. The highest BCUT2D eigenvalue weighted by atomic mass is 79.9. The van der Waals surface area contributed by atoms with E-state index in [0.29, 0.717) is 6.61 Å². The quantitative estimate of drug-likeness (QED) is 0.736. The van der Waals surface area contributed by atoms with Crippen molar-refractivity contribution in [1.82, 2.24) is 4.98 Å². The molecule has 1 aromatic heterocycles. The number of halogens is 1. The summed E-state index contributed by atoms with van der Waals surface area (Å²) >= 11 is 3.44. The van der Waals surface area contributed by atoms with Crippen LogP contribution < -0.4 is 4.74 Å². The molecule has 0 atom stereocenters. The van der Waals surface area contributed by atoms with Gasteiger partial charge in [0.1, 0.15) is 12.4 Å². The van der Waals surface area contributed by atoms with Gasteiger partial charge in [-0.25, -0.2) is 0 Å². The third kappa shape index (κ3) is 2.66. The molecule has 0 bridgehead atoms. The van der Waals surface area contributed by atoms with Crippen LogP contribution in [-0.2, 0) is 6.61 Å². The Morgan fingerprint density at radius 3 is 2.89 bits per heavy atom. The van der Waals surface area contributed by atoms with Crippen molar-refractivity contribution in [3.63, 3.8) is 0 Å². The lowest BCUT2D eigenvalue weighted by molar-refractivity contribution is 0.307. The Kier molecular flexibility index (Phi) is 3.30. The topological polar surface area (TPSA) is 25.0 Å². The molecule has 0 amide bonds. The zero-order valence-electron chi connectivity index (χ0n) is 10.6. The van der Waals surface area contributed by atoms with E-state index >= 15 is 0 Å². The van der Waals surface area contributed by atoms with Gasteiger partial charge in [-0.1, -0.05) is 33.6 Å². The summed E-state index contributed by atoms with van der Waals surface area (Å²) in [7, 11) is 0. The molecule has 0 aliphatic carbocycles. The standard InChI is InChI=1S/C16H14BrNO/c1-11-5-6-16-15(7-11)12(9-18-16)10-19-14-4-2-3-13(17)8-14/h2-9,18H,10H2,1H3. The summed E-state index contributed by atoms with van der Waals surface area (Å²) in [4.78, 5) is 3.27. The molecule has 2 aromatic carbocycles. The zero-order valence-corrected chi connectivity index (χ0v) is 12.2. The van der Waals surface area contributed by atoms with E-state index in [-0.39, 0.29) is 0 Å². The van der Waals surface area contributed by atoms with Crippen molar-refractivity contribution in [1.29, 1.82) is 0 Å². The maximum absolute atomic E-state index is 5.83. The molecule has 0 saturated carbocycles. The number of aromatic nitrogens is 1. The molecule has 3 heteroatoms. The van der Waals surface area contributed by atoms with Gasteiger partial charge in [0.15, 0.2) is 0 Å². The number of rotatable bonds is 3. The fourth-order valence-corrected chi connectivity index (χ4v) is 2.51. The number of aromatic amines is 1. The van der Waals surface area contributed by atoms with E-state index in [2.05, 4.69) is 46.0 Å². The molecule has 0 saturated heterocycles. The first-order valence-corrected chi connectivity index (χ1v) is 6.97. The minimum Gasteiger partial charge on any atom is -0.489 e. The maximum Gasteiger partial charge on any atom is 0.120 e. The average molecular weight is 316 g/mol. The number of hydrogen-bond acceptors (Lipinski definition) is 1. The highest BCUT2D eigenvalue weighted by Gasteiger charge is 2.04. The largest absolute Gasteiger partial charge is 0.489 e. The van der Waals surface area contributed by atoms with Crippen molar-refractivity contribution in [3.05, 3.63) is 64.3 Å². The van der Waals surface area contributed by atoms with E-state index in [1.807, 2.05) is 30.5 Å². The number of benzene rings is 2. The van der Waals surface area contributed by atoms with E-state index in [0.717, 1.165) is 15.7 Å². The molecule has 0 unspecified atom stereocenters. The second-order valence-electron chi connectivity index (χ2n) is 4.61. The minimum absolute atomic E-state index is 0.569. The SMILES string of the molecule is Cc1ccc2[nH]cc(COc3cccc(Br)c3)c2c1. The van der Waals surface area contributed by atoms with Gasteiger partial charge in [-0.3, -0.25) is 0 Å². The highest BCUT2D eigenvalue weighted by Crippen LogP contribution is 2.23. The number of hydrogen-bond donors (Lipinski definition) is 1. The van der Waals surface area contributed by atoms with Crippen LogP contribution in [0.2, 0.25) is 0 Å². The van der Waals surface area contributed by atoms with Crippen molar-refractivity contribution in [2.45, 2.75) is 13.5 Å². The molecule has 0 fully saturated rings. The van der Waals surface area contributed by atoms with Crippen molar-refractivity contribution in [2.24, 2.45) is 0 Å². The lowest BCUT2D eigenvalue weighted by Gasteiger charge is -2.06. The molecule has 0 aliphatic heterocycles. The van der Waals surface area contributed by atoms with Gasteiger partial charge in [0.25, 0.3) is 0 Å². The van der Waals surface area contributed by atoms with E-state index in [1.54, 1.807) is 0 Å². The Morgan fingerprint density at radius 2 is 2.05 bits per heavy atom. The van der Waals surface area contributed by atoms with Crippen molar-refractivity contribution in [3.8, 4) is 5.75 Å². The molecule has 96 valence electrons. The monoisotopic (exact) mass is 315 g/mol. The van der Waals surface area contributed by atoms with Crippen LogP contribution in [0.5, 0.6) is 5.75 Å². The fourth-order valence-electron chi connectivity index (χ4n) is 2.13. The first-order valence-electron chi connectivity index (χ1n) is 6.17. The predicted molar refractivity (Wildman–Crippen MR) is 81.5 cm³/mol. The van der Waals surface area contributed by atoms with Crippen LogP contribution in [0.3, 0.4) is 0 Å². The summed E-state index contributed by atoms with van der Waals surface area (Å²) < 4.78 is 6.86. The summed E-state index contributed by atoms with van der Waals surface area (Å²) in [6.45, 7) is 2.67. The summed E-state index contributed by atoms with van der Waals surface area (Å²) in [5, 5.41) is 1.23. The minimum atomic E-state index is 0.569. The molecule has 2 nitrogen and oxygen atoms in total. The van der Waals surface area contributed by atoms with Crippen LogP contribution >= 0.6 is 15.9 Å². The molecular weight excluding hydrogens is 302 g/mol. The number of nitrogens with one attached hydrogen (secondary N) is 1. The van der Waals surface area contributed by atoms with E-state index < -0.39 is 0 Å². The van der Waals surface area contributed by atoms with Crippen LogP contribution in [0, 0.1) is 6.92 Å². The number of H-pyrrole nitrogens is 1. The summed E-state index contributed by atoms with van der Waals surface area (Å²) in [6, 6.07) is 14.3. The predicted octanol–water partition coefficient (Wildman–Crippen LogP) is 4.82. The van der Waals surface area contributed by atoms with Gasteiger partial charge in [0.05, 0.1) is 0 Å². The molecule has 3 aromatic rings. The molecule has 1 N–H and O–H groups in total. The van der Waals surface area contributed by atoms with Crippen LogP contribution in [0.4, 0.5) is 0 Å². The van der Waals surface area contributed by atoms with Gasteiger partial charge in [-0.05, 0) is 37.3 Å². The van der Waals surface area contributed by atoms with Crippen molar-refractivity contribution >= 4 is 26.8 Å². The van der Waals surface area contributed by atoms with Crippen molar-refractivity contribution < 1.29 is 4.74 Å². The molecule has 3 rings (SSSR count). The van der Waals surface area contributed by atoms with Crippen LogP contribution in [0.25, 0.3) is 10.9 Å². The van der Waals surface area contributed by atoms with E-state index in [1.165, 1.54) is 16.5 Å². The zero-order chi connectivity index (χ0) is 13.2. The van der Waals surface area contributed by atoms with Gasteiger partial charge < -0.3 is 9.72 Å². The Hall–Kier alpha value is -1.74. The summed E-state index contributed by atoms with van der Waals surface area (Å²) in [6.07, 6.45) is 2.02. The molecule has 0 aliphatic rings. The lowest BCUT2D eigenvalue weighted by atomic mass is 10.1. The van der Waals surface area contributed by atoms with Gasteiger partial charge in [0.2, 0.25) is 0 Å².